The molecule has 1 aromatic carbocycles. The molecule has 1 unspecified atom stereocenters. The number of hydroxylamine groups is 1. The topological polar surface area (TPSA) is 80.6 Å². The van der Waals surface area contributed by atoms with Crippen LogP contribution in [0.25, 0.3) is 11.3 Å². The van der Waals surface area contributed by atoms with E-state index in [1.54, 1.807) is 6.07 Å². The molecule has 0 bridgehead atoms. The second-order valence-electron chi connectivity index (χ2n) is 7.54. The zero-order chi connectivity index (χ0) is 19.5. The first-order valence-electron chi connectivity index (χ1n) is 9.99. The van der Waals surface area contributed by atoms with Gasteiger partial charge in [-0.25, -0.2) is 9.37 Å². The van der Waals surface area contributed by atoms with E-state index in [0.717, 1.165) is 42.9 Å². The van der Waals surface area contributed by atoms with Crippen LogP contribution in [0.3, 0.4) is 0 Å². The van der Waals surface area contributed by atoms with Gasteiger partial charge in [0.25, 0.3) is 0 Å². The molecule has 28 heavy (non-hydrogen) atoms. The molecule has 1 fully saturated rings. The Bertz CT molecular complexity index is 840. The lowest BCUT2D eigenvalue weighted by Crippen LogP contribution is -3.05. The normalized spacial score (nSPS) is 20.0. The number of nitrogens with one attached hydrogen (secondary N) is 3. The van der Waals surface area contributed by atoms with Crippen molar-refractivity contribution in [3.05, 3.63) is 40.4 Å². The van der Waals surface area contributed by atoms with Crippen molar-refractivity contribution < 1.29 is 9.45 Å². The van der Waals surface area contributed by atoms with Gasteiger partial charge in [0, 0.05) is 25.2 Å². The predicted molar refractivity (Wildman–Crippen MR) is 107 cm³/mol. The number of aryl methyl sites for hydroxylation is 1. The average Bonchev–Trinajstić information content (AvgIpc) is 2.69. The van der Waals surface area contributed by atoms with E-state index in [2.05, 4.69) is 20.5 Å². The summed E-state index contributed by atoms with van der Waals surface area (Å²) >= 11 is 0. The Morgan fingerprint density at radius 2 is 2.07 bits per heavy atom. The van der Waals surface area contributed by atoms with Gasteiger partial charge in [0.2, 0.25) is 11.8 Å². The Morgan fingerprint density at radius 1 is 1.25 bits per heavy atom. The van der Waals surface area contributed by atoms with Crippen molar-refractivity contribution >= 4 is 11.8 Å². The number of likely N-dealkylation sites (tertiary alicyclic amines) is 1. The lowest BCUT2D eigenvalue weighted by molar-refractivity contribution is -0.786. The molecule has 150 valence electrons. The zero-order valence-corrected chi connectivity index (χ0v) is 16.2. The van der Waals surface area contributed by atoms with Crippen molar-refractivity contribution in [3.8, 4) is 11.3 Å². The van der Waals surface area contributed by atoms with Crippen molar-refractivity contribution in [2.45, 2.75) is 32.7 Å². The molecule has 0 spiro atoms. The van der Waals surface area contributed by atoms with Crippen molar-refractivity contribution in [3.63, 3.8) is 0 Å². The Kier molecular flexibility index (Phi) is 5.82. The summed E-state index contributed by atoms with van der Waals surface area (Å²) in [5.74, 6) is 0.649. The number of anilines is 1. The third-order valence-electron chi connectivity index (χ3n) is 5.46. The Balaban J connectivity index is 1.61. The summed E-state index contributed by atoms with van der Waals surface area (Å²) in [6, 6.07) is 4.65. The van der Waals surface area contributed by atoms with Crippen LogP contribution in [0.1, 0.15) is 30.4 Å². The van der Waals surface area contributed by atoms with E-state index in [1.807, 2.05) is 6.92 Å². The van der Waals surface area contributed by atoms with Gasteiger partial charge in [0.1, 0.15) is 12.5 Å². The van der Waals surface area contributed by atoms with E-state index in [9.17, 15) is 9.60 Å². The summed E-state index contributed by atoms with van der Waals surface area (Å²) in [7, 11) is 0. The molecule has 2 aliphatic rings. The second-order valence-corrected chi connectivity index (χ2v) is 7.54. The smallest absolute Gasteiger partial charge is 0.237 e. The minimum Gasteiger partial charge on any atom is -0.627 e. The standard InChI is InChI=1S/C20H27FN6O/c1-14-11-15(21)5-6-16(14)18-17-12-22-13-27(28)19(17)25-20(24-18)23-7-10-26-8-3-2-4-9-26/h5-6,11,22,27H,2-4,7-10,12-13H2,1H3,(H,23,24,25). The molecule has 0 aliphatic carbocycles. The summed E-state index contributed by atoms with van der Waals surface area (Å²) in [5.41, 5.74) is 3.10. The van der Waals surface area contributed by atoms with Crippen LogP contribution in [-0.2, 0) is 6.54 Å². The number of halogens is 1. The number of aromatic nitrogens is 2. The maximum absolute atomic E-state index is 13.6. The fraction of sp³-hybridized carbons (Fsp3) is 0.500. The predicted octanol–water partition coefficient (Wildman–Crippen LogP) is 1.56. The highest BCUT2D eigenvalue weighted by molar-refractivity contribution is 5.71. The Hall–Kier alpha value is -2.13. The van der Waals surface area contributed by atoms with Crippen LogP contribution in [0, 0.1) is 17.9 Å². The maximum atomic E-state index is 13.6. The molecule has 8 heteroatoms. The number of hydrogen-bond acceptors (Lipinski definition) is 6. The fourth-order valence-electron chi connectivity index (χ4n) is 3.97. The van der Waals surface area contributed by atoms with E-state index in [-0.39, 0.29) is 17.5 Å². The third-order valence-corrected chi connectivity index (χ3v) is 5.46. The number of piperidine rings is 1. The molecule has 2 aromatic rings. The number of rotatable bonds is 5. The molecule has 1 atom stereocenters. The third kappa shape index (κ3) is 4.15. The zero-order valence-electron chi connectivity index (χ0n) is 16.2. The van der Waals surface area contributed by atoms with Gasteiger partial charge in [0.05, 0.1) is 11.3 Å². The molecule has 3 N–H and O–H groups in total. The number of hydrogen-bond donors (Lipinski definition) is 3. The van der Waals surface area contributed by atoms with Gasteiger partial charge in [0.15, 0.2) is 0 Å². The van der Waals surface area contributed by atoms with Gasteiger partial charge in [-0.05, 0) is 56.6 Å². The summed E-state index contributed by atoms with van der Waals surface area (Å²) in [6.45, 7) is 6.59. The monoisotopic (exact) mass is 386 g/mol. The molecule has 0 amide bonds. The van der Waals surface area contributed by atoms with Gasteiger partial charge in [-0.1, -0.05) is 6.42 Å². The summed E-state index contributed by atoms with van der Waals surface area (Å²) in [4.78, 5) is 11.7. The van der Waals surface area contributed by atoms with Crippen LogP contribution in [0.15, 0.2) is 18.2 Å². The van der Waals surface area contributed by atoms with Crippen molar-refractivity contribution in [2.24, 2.45) is 0 Å². The highest BCUT2D eigenvalue weighted by Gasteiger charge is 2.25. The first kappa shape index (κ1) is 19.2. The molecule has 4 rings (SSSR count). The van der Waals surface area contributed by atoms with Crippen LogP contribution in [-0.4, -0.2) is 47.7 Å². The van der Waals surface area contributed by atoms with E-state index in [1.165, 1.54) is 31.4 Å². The molecular weight excluding hydrogens is 359 g/mol. The lowest BCUT2D eigenvalue weighted by atomic mass is 10.0. The molecule has 7 nitrogen and oxygen atoms in total. The van der Waals surface area contributed by atoms with Crippen molar-refractivity contribution in [2.75, 3.05) is 38.2 Å². The quantitative estimate of drug-likeness (QED) is 0.677. The van der Waals surface area contributed by atoms with Crippen LogP contribution >= 0.6 is 0 Å². The summed E-state index contributed by atoms with van der Waals surface area (Å²) < 4.78 is 13.6. The molecule has 3 heterocycles. The van der Waals surface area contributed by atoms with E-state index < -0.39 is 0 Å². The van der Waals surface area contributed by atoms with Gasteiger partial charge in [-0.3, -0.25) is 5.32 Å². The highest BCUT2D eigenvalue weighted by atomic mass is 19.1. The Labute approximate surface area is 164 Å². The van der Waals surface area contributed by atoms with E-state index >= 15 is 0 Å². The number of nitrogens with zero attached hydrogens (tertiary/aromatic N) is 3. The first-order valence-corrected chi connectivity index (χ1v) is 9.99. The van der Waals surface area contributed by atoms with Crippen LogP contribution in [0.5, 0.6) is 0 Å². The summed E-state index contributed by atoms with van der Waals surface area (Å²) in [5, 5.41) is 18.8. The first-order chi connectivity index (χ1) is 13.6. The highest BCUT2D eigenvalue weighted by Crippen LogP contribution is 2.30. The van der Waals surface area contributed by atoms with Gasteiger partial charge in [-0.2, -0.15) is 4.98 Å². The maximum Gasteiger partial charge on any atom is 0.237 e. The van der Waals surface area contributed by atoms with E-state index in [0.29, 0.717) is 24.0 Å². The number of quaternary nitrogens is 1. The van der Waals surface area contributed by atoms with E-state index in [4.69, 9.17) is 4.98 Å². The van der Waals surface area contributed by atoms with Gasteiger partial charge < -0.3 is 20.5 Å². The molecule has 2 aliphatic heterocycles. The van der Waals surface area contributed by atoms with Crippen molar-refractivity contribution in [1.29, 1.82) is 0 Å². The molecule has 1 saturated heterocycles. The lowest BCUT2D eigenvalue weighted by Gasteiger charge is -2.29. The number of fused-ring (bicyclic) bond motifs is 1. The van der Waals surface area contributed by atoms with Gasteiger partial charge >= 0.3 is 0 Å². The summed E-state index contributed by atoms with van der Waals surface area (Å²) in [6.07, 6.45) is 3.82. The largest absolute Gasteiger partial charge is 0.627 e. The minimum absolute atomic E-state index is 0.0382. The molecule has 1 aromatic heterocycles. The van der Waals surface area contributed by atoms with Crippen molar-refractivity contribution in [1.82, 2.24) is 20.2 Å². The average molecular weight is 386 g/mol. The SMILES string of the molecule is Cc1cc(F)ccc1-c1nc(NCCN2CCCCC2)nc2c1CNC[NH+]2[O-]. The van der Waals surface area contributed by atoms with Crippen LogP contribution in [0.2, 0.25) is 0 Å². The molecule has 0 radical (unpaired) electrons. The van der Waals surface area contributed by atoms with Crippen LogP contribution in [0.4, 0.5) is 16.2 Å². The Morgan fingerprint density at radius 3 is 2.86 bits per heavy atom. The minimum atomic E-state index is -0.279. The molecule has 0 saturated carbocycles. The van der Waals surface area contributed by atoms with Gasteiger partial charge in [-0.15, -0.1) is 0 Å². The van der Waals surface area contributed by atoms with Crippen LogP contribution < -0.4 is 15.7 Å². The second kappa shape index (κ2) is 8.48. The fourth-order valence-corrected chi connectivity index (χ4v) is 3.97. The number of benzene rings is 1. The molecular formula is C20H27FN6O.